The Hall–Kier alpha value is -3.06. The van der Waals surface area contributed by atoms with Crippen molar-refractivity contribution >= 4 is 17.5 Å². The third-order valence-electron chi connectivity index (χ3n) is 5.79. The molecule has 31 heavy (non-hydrogen) atoms. The molecule has 0 aliphatic carbocycles. The highest BCUT2D eigenvalue weighted by Gasteiger charge is 2.39. The largest absolute Gasteiger partial charge is 0.490 e. The average molecular weight is 426 g/mol. The topological polar surface area (TPSA) is 118 Å². The zero-order valence-electron chi connectivity index (χ0n) is 18.1. The minimum atomic E-state index is -1.32. The highest BCUT2D eigenvalue weighted by Crippen LogP contribution is 2.34. The van der Waals surface area contributed by atoms with Crippen molar-refractivity contribution in [2.45, 2.75) is 51.2 Å². The fraction of sp³-hybridized carbons (Fsp3) is 0.417. The van der Waals surface area contributed by atoms with E-state index in [9.17, 15) is 9.90 Å². The monoisotopic (exact) mass is 425 g/mol. The molecule has 166 valence electrons. The van der Waals surface area contributed by atoms with Gasteiger partial charge in [-0.15, -0.1) is 0 Å². The van der Waals surface area contributed by atoms with Crippen molar-refractivity contribution in [2.75, 3.05) is 18.5 Å². The van der Waals surface area contributed by atoms with E-state index in [4.69, 9.17) is 20.6 Å². The minimum Gasteiger partial charge on any atom is -0.490 e. The number of carbonyl (C=O) groups is 1. The molecule has 1 saturated heterocycles. The molecule has 0 amide bonds. The van der Waals surface area contributed by atoms with Gasteiger partial charge in [0.1, 0.15) is 17.7 Å². The van der Waals surface area contributed by atoms with Crippen molar-refractivity contribution < 1.29 is 19.4 Å². The Labute approximate surface area is 183 Å². The van der Waals surface area contributed by atoms with E-state index in [1.165, 1.54) is 0 Å². The van der Waals surface area contributed by atoms with Crippen LogP contribution < -0.4 is 15.8 Å². The van der Waals surface area contributed by atoms with Crippen molar-refractivity contribution in [1.29, 1.82) is 5.41 Å². The van der Waals surface area contributed by atoms with Crippen LogP contribution in [0.25, 0.3) is 0 Å². The normalized spacial score (nSPS) is 16.3. The Balaban J connectivity index is 1.97. The third-order valence-corrected chi connectivity index (χ3v) is 5.79. The molecule has 0 radical (unpaired) electrons. The number of nitrogen functional groups attached to an aromatic ring is 1. The molecule has 3 rings (SSSR count). The van der Waals surface area contributed by atoms with Crippen LogP contribution in [0.15, 0.2) is 42.5 Å². The number of carboxylic acids is 1. The van der Waals surface area contributed by atoms with Gasteiger partial charge in [-0.3, -0.25) is 5.41 Å². The molecule has 0 saturated carbocycles. The van der Waals surface area contributed by atoms with Crippen LogP contribution in [0.3, 0.4) is 0 Å². The number of aliphatic carboxylic acids is 1. The summed E-state index contributed by atoms with van der Waals surface area (Å²) in [6, 6.07) is 12.7. The van der Waals surface area contributed by atoms with E-state index in [1.54, 1.807) is 24.3 Å². The summed E-state index contributed by atoms with van der Waals surface area (Å²) >= 11 is 0. The molecule has 1 unspecified atom stereocenters. The Kier molecular flexibility index (Phi) is 7.17. The summed E-state index contributed by atoms with van der Waals surface area (Å²) in [4.78, 5) is 12.6. The lowest BCUT2D eigenvalue weighted by Gasteiger charge is -2.32. The van der Waals surface area contributed by atoms with Gasteiger partial charge in [-0.1, -0.05) is 19.9 Å². The van der Waals surface area contributed by atoms with E-state index in [2.05, 4.69) is 5.32 Å². The molecule has 1 aliphatic heterocycles. The van der Waals surface area contributed by atoms with Crippen LogP contribution in [-0.2, 0) is 21.5 Å². The Morgan fingerprint density at radius 1 is 1.23 bits per heavy atom. The predicted molar refractivity (Wildman–Crippen MR) is 121 cm³/mol. The highest BCUT2D eigenvalue weighted by molar-refractivity contribution is 5.95. The first-order valence-corrected chi connectivity index (χ1v) is 10.7. The number of benzene rings is 2. The molecular weight excluding hydrogens is 394 g/mol. The molecule has 0 bridgehead atoms. The molecule has 2 aromatic rings. The van der Waals surface area contributed by atoms with Gasteiger partial charge in [0.2, 0.25) is 0 Å². The van der Waals surface area contributed by atoms with E-state index < -0.39 is 11.5 Å². The maximum Gasteiger partial charge on any atom is 0.334 e. The van der Waals surface area contributed by atoms with Gasteiger partial charge in [0.05, 0.1) is 13.2 Å². The summed E-state index contributed by atoms with van der Waals surface area (Å²) in [6.45, 7) is 5.25. The predicted octanol–water partition coefficient (Wildman–Crippen LogP) is 3.89. The number of carboxylic acid groups (broad SMARTS) is 1. The molecule has 0 aromatic heterocycles. The molecule has 2 aromatic carbocycles. The van der Waals surface area contributed by atoms with Crippen molar-refractivity contribution in [2.24, 2.45) is 5.73 Å². The van der Waals surface area contributed by atoms with Crippen molar-refractivity contribution in [1.82, 2.24) is 0 Å². The maximum atomic E-state index is 12.6. The zero-order valence-corrected chi connectivity index (χ0v) is 18.1. The molecule has 0 spiro atoms. The van der Waals surface area contributed by atoms with Gasteiger partial charge in [-0.05, 0) is 60.4 Å². The molecule has 1 heterocycles. The first-order valence-electron chi connectivity index (χ1n) is 10.7. The van der Waals surface area contributed by atoms with E-state index >= 15 is 0 Å². The van der Waals surface area contributed by atoms with E-state index in [0.717, 1.165) is 24.8 Å². The first-order chi connectivity index (χ1) is 14.9. The van der Waals surface area contributed by atoms with Crippen LogP contribution in [0.2, 0.25) is 0 Å². The lowest BCUT2D eigenvalue weighted by atomic mass is 9.85. The minimum absolute atomic E-state index is 0.0305. The second kappa shape index (κ2) is 9.83. The van der Waals surface area contributed by atoms with Crippen LogP contribution in [0.4, 0.5) is 5.69 Å². The van der Waals surface area contributed by atoms with Crippen LogP contribution >= 0.6 is 0 Å². The second-order valence-electron chi connectivity index (χ2n) is 7.83. The molecule has 1 aliphatic rings. The summed E-state index contributed by atoms with van der Waals surface area (Å²) in [5.41, 5.74) is 7.11. The fourth-order valence-corrected chi connectivity index (χ4v) is 3.84. The molecule has 5 N–H and O–H groups in total. The summed E-state index contributed by atoms with van der Waals surface area (Å²) in [6.07, 6.45) is 2.82. The van der Waals surface area contributed by atoms with E-state index in [-0.39, 0.29) is 11.9 Å². The van der Waals surface area contributed by atoms with Gasteiger partial charge in [0.15, 0.2) is 5.54 Å². The number of anilines is 1. The molecular formula is C24H31N3O4. The van der Waals surface area contributed by atoms with Crippen LogP contribution in [0.1, 0.15) is 49.8 Å². The summed E-state index contributed by atoms with van der Waals surface area (Å²) in [5.74, 6) is -0.304. The van der Waals surface area contributed by atoms with Gasteiger partial charge >= 0.3 is 5.97 Å². The molecule has 7 nitrogen and oxygen atoms in total. The number of amidine groups is 1. The van der Waals surface area contributed by atoms with Crippen LogP contribution in [0, 0.1) is 5.41 Å². The van der Waals surface area contributed by atoms with Crippen molar-refractivity contribution in [3.05, 3.63) is 59.2 Å². The number of rotatable bonds is 9. The standard InChI is InChI=1S/C24H31N3O4/c1-3-16-13-18(15-21(14-16)31-20-9-11-30-12-10-20)24(4-2,23(28)29)27-19-7-5-17(6-8-19)22(25)26/h5-8,13-15,20,27H,3-4,9-12H2,1-2H3,(H3,25,26)(H,28,29). The summed E-state index contributed by atoms with van der Waals surface area (Å²) in [5, 5.41) is 21.0. The number of hydrogen-bond donors (Lipinski definition) is 4. The van der Waals surface area contributed by atoms with Gasteiger partial charge in [0.25, 0.3) is 0 Å². The second-order valence-corrected chi connectivity index (χ2v) is 7.83. The van der Waals surface area contributed by atoms with Gasteiger partial charge in [0, 0.05) is 24.1 Å². The number of ether oxygens (including phenoxy) is 2. The number of nitrogens with one attached hydrogen (secondary N) is 2. The summed E-state index contributed by atoms with van der Waals surface area (Å²) < 4.78 is 11.6. The van der Waals surface area contributed by atoms with Crippen molar-refractivity contribution in [3.63, 3.8) is 0 Å². The molecule has 1 atom stereocenters. The lowest BCUT2D eigenvalue weighted by Crippen LogP contribution is -2.43. The van der Waals surface area contributed by atoms with Crippen molar-refractivity contribution in [3.8, 4) is 5.75 Å². The lowest BCUT2D eigenvalue weighted by molar-refractivity contribution is -0.142. The maximum absolute atomic E-state index is 12.6. The van der Waals surface area contributed by atoms with E-state index in [1.807, 2.05) is 32.0 Å². The number of nitrogens with two attached hydrogens (primary N) is 1. The van der Waals surface area contributed by atoms with Crippen LogP contribution in [0.5, 0.6) is 5.75 Å². The Morgan fingerprint density at radius 3 is 2.45 bits per heavy atom. The van der Waals surface area contributed by atoms with Gasteiger partial charge in [-0.25, -0.2) is 4.79 Å². The summed E-state index contributed by atoms with van der Waals surface area (Å²) in [7, 11) is 0. The quantitative estimate of drug-likeness (QED) is 0.358. The van der Waals surface area contributed by atoms with Gasteiger partial charge in [-0.2, -0.15) is 0 Å². The zero-order chi connectivity index (χ0) is 22.4. The number of aryl methyl sites for hydroxylation is 1. The highest BCUT2D eigenvalue weighted by atomic mass is 16.5. The number of hydrogen-bond acceptors (Lipinski definition) is 5. The molecule has 7 heteroatoms. The van der Waals surface area contributed by atoms with E-state index in [0.29, 0.717) is 42.2 Å². The third kappa shape index (κ3) is 5.17. The first kappa shape index (κ1) is 22.6. The molecule has 1 fully saturated rings. The SMILES string of the molecule is CCc1cc(OC2CCOCC2)cc(C(CC)(Nc2ccc(C(=N)N)cc2)C(=O)O)c1. The fourth-order valence-electron chi connectivity index (χ4n) is 3.84. The van der Waals surface area contributed by atoms with Crippen LogP contribution in [-0.4, -0.2) is 36.2 Å². The average Bonchev–Trinajstić information content (AvgIpc) is 2.78. The Bertz CT molecular complexity index is 923. The van der Waals surface area contributed by atoms with Gasteiger partial charge < -0.3 is 25.6 Å². The Morgan fingerprint density at radius 2 is 1.90 bits per heavy atom. The smallest absolute Gasteiger partial charge is 0.334 e.